The molecule has 2 aliphatic heterocycles. The van der Waals surface area contributed by atoms with Crippen LogP contribution < -0.4 is 58.7 Å². The van der Waals surface area contributed by atoms with Gasteiger partial charge in [-0.15, -0.1) is 11.8 Å². The molecule has 3 fully saturated rings. The zero-order valence-electron chi connectivity index (χ0n) is 70.5. The van der Waals surface area contributed by atoms with Gasteiger partial charge in [0, 0.05) is 103 Å². The molecular weight excluding hydrogens is 1510 g/mol. The normalized spacial score (nSPS) is 18.0. The number of nitrogens with two attached hydrogens (primary N) is 2. The lowest BCUT2D eigenvalue weighted by molar-refractivity contribution is -0.147. The minimum atomic E-state index is -1.12. The Morgan fingerprint density at radius 3 is 1.98 bits per heavy atom. The molecule has 0 aromatic heterocycles. The summed E-state index contributed by atoms with van der Waals surface area (Å²) in [6, 6.07) is 12.8. The maximum Gasteiger partial charge on any atom is 0.407 e. The summed E-state index contributed by atoms with van der Waals surface area (Å²) in [6.45, 7) is 26.2. The second-order valence-corrected chi connectivity index (χ2v) is 33.4. The third kappa shape index (κ3) is 28.4. The number of alkyl carbamates (subject to hydrolysis) is 2. The van der Waals surface area contributed by atoms with Crippen LogP contribution in [-0.2, 0) is 68.7 Å². The van der Waals surface area contributed by atoms with E-state index in [1.807, 2.05) is 97.8 Å². The highest BCUT2D eigenvalue weighted by Crippen LogP contribution is 2.52. The number of carbonyl (C=O) groups excluding carboxylic acids is 12. The molecule has 13 amide bonds. The highest BCUT2D eigenvalue weighted by Gasteiger charge is 2.49. The van der Waals surface area contributed by atoms with E-state index in [9.17, 15) is 52.7 Å². The van der Waals surface area contributed by atoms with Crippen LogP contribution in [0, 0.1) is 35.0 Å². The summed E-state index contributed by atoms with van der Waals surface area (Å²) in [5.41, 5.74) is 13.7. The molecular formula is C84H128N14O17S. The van der Waals surface area contributed by atoms with Crippen LogP contribution in [0.25, 0.3) is 16.3 Å². The number of unbranched alkanes of at least 4 members (excludes halogenated alkanes) is 2. The van der Waals surface area contributed by atoms with E-state index in [1.165, 1.54) is 23.8 Å². The first-order valence-electron chi connectivity index (χ1n) is 40.3. The number of hydrogen-bond acceptors (Lipinski definition) is 20. The lowest BCUT2D eigenvalue weighted by Crippen LogP contribution is -2.59. The summed E-state index contributed by atoms with van der Waals surface area (Å²) in [7, 11) is 10.0. The van der Waals surface area contributed by atoms with Crippen molar-refractivity contribution >= 4 is 105 Å². The molecule has 642 valence electrons. The van der Waals surface area contributed by atoms with Crippen LogP contribution in [0.4, 0.5) is 20.1 Å². The Hall–Kier alpha value is -9.53. The van der Waals surface area contributed by atoms with Crippen molar-refractivity contribution in [3.05, 3.63) is 90.6 Å². The number of imide groups is 1. The fraction of sp³-hybridized carbons (Fsp3) is 0.619. The first-order chi connectivity index (χ1) is 54.9. The third-order valence-electron chi connectivity index (χ3n) is 22.1. The van der Waals surface area contributed by atoms with Gasteiger partial charge in [-0.2, -0.15) is 0 Å². The summed E-state index contributed by atoms with van der Waals surface area (Å²) in [5.74, 6) is -3.40. The number of likely N-dealkylation sites (tertiary alicyclic amines) is 2. The number of thioether (sulfide) groups is 1. The van der Waals surface area contributed by atoms with Crippen LogP contribution in [0.1, 0.15) is 157 Å². The minimum Gasteiger partial charge on any atom is -0.497 e. The predicted octanol–water partition coefficient (Wildman–Crippen LogP) is 7.33. The number of amides is 13. The Balaban J connectivity index is 1.02. The summed E-state index contributed by atoms with van der Waals surface area (Å²) in [5, 5.41) is 24.1. The molecule has 1 aliphatic carbocycles. The lowest BCUT2D eigenvalue weighted by Gasteiger charge is -2.41. The van der Waals surface area contributed by atoms with Gasteiger partial charge >= 0.3 is 18.2 Å². The van der Waals surface area contributed by atoms with Crippen molar-refractivity contribution in [1.82, 2.24) is 56.8 Å². The number of primary amides is 2. The van der Waals surface area contributed by atoms with Gasteiger partial charge in [0.2, 0.25) is 53.2 Å². The van der Waals surface area contributed by atoms with E-state index in [0.29, 0.717) is 54.9 Å². The fourth-order valence-corrected chi connectivity index (χ4v) is 16.5. The number of nitrogens with one attached hydrogen (secondary N) is 8. The van der Waals surface area contributed by atoms with Gasteiger partial charge in [0.05, 0.1) is 55.7 Å². The molecule has 6 rings (SSSR count). The van der Waals surface area contributed by atoms with E-state index in [-0.39, 0.29) is 143 Å². The van der Waals surface area contributed by atoms with Gasteiger partial charge in [0.15, 0.2) is 0 Å². The molecule has 1 unspecified atom stereocenters. The topological polar surface area (TPSA) is 412 Å². The van der Waals surface area contributed by atoms with E-state index in [0.717, 1.165) is 40.5 Å². The summed E-state index contributed by atoms with van der Waals surface area (Å²) in [4.78, 5) is 167. The van der Waals surface area contributed by atoms with Crippen LogP contribution in [0.3, 0.4) is 0 Å². The number of hydrogen-bond donors (Lipinski definition) is 10. The largest absolute Gasteiger partial charge is 0.497 e. The van der Waals surface area contributed by atoms with Crippen molar-refractivity contribution in [1.29, 1.82) is 0 Å². The number of likely N-dealkylation sites (N-methyl/N-ethyl adjacent to an activating group) is 2. The van der Waals surface area contributed by atoms with Gasteiger partial charge in [0.25, 0.3) is 0 Å². The number of nitrogens with zero attached hydrogens (tertiary/aromatic N) is 4. The monoisotopic (exact) mass is 1640 g/mol. The van der Waals surface area contributed by atoms with Crippen molar-refractivity contribution < 1.29 is 81.2 Å². The molecule has 2 saturated heterocycles. The average Bonchev–Trinajstić information content (AvgIpc) is 1.70. The number of methoxy groups -OCH3 is 3. The SMILES string of the molecule is C=C(CNC(=C)[C@H](C)[C@@H](OC)[C@@H]1C[C@H](OC(=O)NCCNC(=O)OCc2ccc(NC(=O)[C@H](CCCNC(N)=O)NC(=O)[C@@H](NC(=O)CCCCCN3C(=O)CC(SCC4(CC(N)=O)CC4)C3=O)C(C)C)cc2)CN1C(=O)C[C@@H](OC)[C@H]([C@@H](C)CC)N(C)C(=O)[C@@H](NC(=O)[C@H](C(C)C)N(C)C)C(C)C)c1ccc2cc(OC)ccc2c1. The second kappa shape index (κ2) is 45.8. The summed E-state index contributed by atoms with van der Waals surface area (Å²) >= 11 is 1.40. The maximum atomic E-state index is 15.2. The van der Waals surface area contributed by atoms with Crippen molar-refractivity contribution in [2.45, 2.75) is 212 Å². The summed E-state index contributed by atoms with van der Waals surface area (Å²) in [6.07, 6.45) is 0.561. The van der Waals surface area contributed by atoms with Gasteiger partial charge in [-0.1, -0.05) is 119 Å². The average molecular weight is 1640 g/mol. The van der Waals surface area contributed by atoms with Crippen LogP contribution in [0.5, 0.6) is 5.75 Å². The molecule has 3 aliphatic rings. The molecule has 1 saturated carbocycles. The van der Waals surface area contributed by atoms with Crippen LogP contribution in [0.15, 0.2) is 79.5 Å². The molecule has 2 heterocycles. The number of rotatable bonds is 49. The maximum absolute atomic E-state index is 15.2. The molecule has 116 heavy (non-hydrogen) atoms. The standard InChI is InChI=1S/C84H128N14O17S/c1-18-52(8)74(96(14)80(107)72(50(4)5)94-78(105)73(51(6)7)95(12)13)65(112-16)42-69(101)98-46-62(41-64(98)75(113-17)54(10)55(11)90-45-53(9)57-27-28-59-40-61(111-15)32-29-58(59)39-57)115-83(110)89-37-36-88-82(109)114-47-56-25-30-60(31-26-56)91-76(103)63(23-22-35-87-81(86)108)92-77(104)71(49(2)3)93-68(100)24-20-19-21-38-97-70(102)43-66(79(97)106)116-48-84(33-34-84)44-67(85)99/h25-32,39-40,49-52,54,62-66,71-75,90H,9,11,18-24,33-38,41-48H2,1-8,10,12-17H3,(H2,85,99)(H,88,109)(H,89,110)(H,91,103)(H,92,104)(H,93,100)(H,94,105)(H3,86,87,108)/t52-,54-,62-,63-,64-,65+,66?,71-,72-,73-,74-,75+/m0/s1. The number of carbonyl (C=O) groups is 12. The highest BCUT2D eigenvalue weighted by atomic mass is 32.2. The van der Waals surface area contributed by atoms with Gasteiger partial charge in [0.1, 0.15) is 36.6 Å². The first kappa shape index (κ1) is 95.3. The Bertz CT molecular complexity index is 3890. The third-order valence-corrected chi connectivity index (χ3v) is 23.6. The number of benzene rings is 3. The van der Waals surface area contributed by atoms with Crippen LogP contribution in [-0.4, -0.2) is 238 Å². The number of urea groups is 1. The number of ether oxygens (including phenoxy) is 5. The van der Waals surface area contributed by atoms with Gasteiger partial charge in [-0.05, 0) is 140 Å². The molecule has 32 heteroatoms. The zero-order chi connectivity index (χ0) is 85.8. The Morgan fingerprint density at radius 1 is 0.716 bits per heavy atom. The lowest BCUT2D eigenvalue weighted by atomic mass is 9.89. The fourth-order valence-electron chi connectivity index (χ4n) is 15.0. The number of anilines is 1. The first-order valence-corrected chi connectivity index (χ1v) is 41.4. The smallest absolute Gasteiger partial charge is 0.407 e. The van der Waals surface area contributed by atoms with Gasteiger partial charge in [-0.25, -0.2) is 14.4 Å². The van der Waals surface area contributed by atoms with E-state index in [4.69, 9.17) is 35.2 Å². The van der Waals surface area contributed by atoms with Gasteiger partial charge in [-0.3, -0.25) is 53.0 Å². The van der Waals surface area contributed by atoms with E-state index in [2.05, 4.69) is 61.8 Å². The number of fused-ring (bicyclic) bond motifs is 1. The molecule has 0 spiro atoms. The molecule has 3 aromatic carbocycles. The zero-order valence-corrected chi connectivity index (χ0v) is 71.3. The summed E-state index contributed by atoms with van der Waals surface area (Å²) < 4.78 is 29.4. The van der Waals surface area contributed by atoms with Crippen molar-refractivity contribution in [3.63, 3.8) is 0 Å². The quantitative estimate of drug-likeness (QED) is 0.0195. The minimum absolute atomic E-state index is 0.0256. The molecule has 12 atom stereocenters. The molecule has 0 radical (unpaired) electrons. The Morgan fingerprint density at radius 2 is 1.38 bits per heavy atom. The second-order valence-electron chi connectivity index (χ2n) is 32.2. The Kier molecular flexibility index (Phi) is 37.7. The van der Waals surface area contributed by atoms with Crippen molar-refractivity contribution in [3.8, 4) is 5.75 Å². The molecule has 12 N–H and O–H groups in total. The van der Waals surface area contributed by atoms with Crippen LogP contribution >= 0.6 is 11.8 Å². The van der Waals surface area contributed by atoms with E-state index >= 15 is 4.79 Å². The van der Waals surface area contributed by atoms with Crippen molar-refractivity contribution in [2.75, 3.05) is 92.8 Å². The Labute approximate surface area is 687 Å². The van der Waals surface area contributed by atoms with Gasteiger partial charge < -0.3 is 87.5 Å². The molecule has 31 nitrogen and oxygen atoms in total. The van der Waals surface area contributed by atoms with Crippen molar-refractivity contribution in [2.24, 2.45) is 46.5 Å². The van der Waals surface area contributed by atoms with Crippen LogP contribution in [0.2, 0.25) is 0 Å². The van der Waals surface area contributed by atoms with E-state index in [1.54, 1.807) is 69.2 Å². The predicted molar refractivity (Wildman–Crippen MR) is 446 cm³/mol. The van der Waals surface area contributed by atoms with E-state index < -0.39 is 108 Å². The molecule has 0 bridgehead atoms. The highest BCUT2D eigenvalue weighted by molar-refractivity contribution is 8.00. The molecule has 3 aromatic rings.